The zero-order chi connectivity index (χ0) is 25.7. The summed E-state index contributed by atoms with van der Waals surface area (Å²) in [7, 11) is -1.05. The Hall–Kier alpha value is 0.430. The molecular formula is C34H73P. The van der Waals surface area contributed by atoms with Gasteiger partial charge < -0.3 is 0 Å². The Morgan fingerprint density at radius 1 is 0.229 bits per heavy atom. The molecule has 214 valence electrons. The molecule has 1 heteroatoms. The zero-order valence-electron chi connectivity index (χ0n) is 25.7. The summed E-state index contributed by atoms with van der Waals surface area (Å²) in [6.45, 7) is 9.43. The first-order valence-corrected chi connectivity index (χ1v) is 20.1. The van der Waals surface area contributed by atoms with Crippen molar-refractivity contribution in [3.63, 3.8) is 0 Å². The van der Waals surface area contributed by atoms with Gasteiger partial charge in [0.1, 0.15) is 0 Å². The molecule has 0 saturated heterocycles. The zero-order valence-corrected chi connectivity index (χ0v) is 26.7. The molecule has 0 aromatic rings. The fraction of sp³-hybridized carbons (Fsp3) is 1.00. The van der Waals surface area contributed by atoms with Gasteiger partial charge in [0.05, 0.1) is 0 Å². The van der Waals surface area contributed by atoms with Crippen LogP contribution in [0.3, 0.4) is 0 Å². The van der Waals surface area contributed by atoms with E-state index in [1.807, 2.05) is 0 Å². The Kier molecular flexibility index (Phi) is 29.3. The first-order chi connectivity index (χ1) is 17.2. The molecule has 0 saturated carbocycles. The molecule has 0 rings (SSSR count). The van der Waals surface area contributed by atoms with E-state index < -0.39 is 7.26 Å². The van der Waals surface area contributed by atoms with Crippen molar-refractivity contribution < 1.29 is 0 Å². The van der Waals surface area contributed by atoms with Crippen LogP contribution in [0.25, 0.3) is 0 Å². The van der Waals surface area contributed by atoms with Crippen LogP contribution in [0.4, 0.5) is 0 Å². The van der Waals surface area contributed by atoms with Crippen LogP contribution in [0.1, 0.15) is 195 Å². The van der Waals surface area contributed by atoms with Crippen molar-refractivity contribution in [1.82, 2.24) is 0 Å². The van der Waals surface area contributed by atoms with Crippen LogP contribution in [0.15, 0.2) is 0 Å². The third kappa shape index (κ3) is 24.5. The van der Waals surface area contributed by atoms with Gasteiger partial charge in [0.25, 0.3) is 0 Å². The fourth-order valence-corrected chi connectivity index (χ4v) is 11.7. The van der Waals surface area contributed by atoms with Gasteiger partial charge in [-0.3, -0.25) is 0 Å². The van der Waals surface area contributed by atoms with Crippen molar-refractivity contribution in [2.45, 2.75) is 195 Å². The topological polar surface area (TPSA) is 0 Å². The third-order valence-corrected chi connectivity index (χ3v) is 14.4. The van der Waals surface area contributed by atoms with Crippen molar-refractivity contribution in [3.8, 4) is 0 Å². The van der Waals surface area contributed by atoms with Crippen LogP contribution in [-0.4, -0.2) is 24.6 Å². The van der Waals surface area contributed by atoms with E-state index in [0.29, 0.717) is 0 Å². The van der Waals surface area contributed by atoms with Gasteiger partial charge in [0.2, 0.25) is 0 Å². The maximum atomic E-state index is 2.37. The molecular weight excluding hydrogens is 439 g/mol. The minimum atomic E-state index is -1.05. The summed E-state index contributed by atoms with van der Waals surface area (Å²) in [6.07, 6.45) is 45.3. The van der Waals surface area contributed by atoms with Crippen molar-refractivity contribution >= 4 is 7.26 Å². The molecule has 0 aromatic heterocycles. The summed E-state index contributed by atoms with van der Waals surface area (Å²) >= 11 is 0. The Morgan fingerprint density at radius 3 is 0.629 bits per heavy atom. The van der Waals surface area contributed by atoms with E-state index in [4.69, 9.17) is 0 Å². The second-order valence-electron chi connectivity index (χ2n) is 12.3. The van der Waals surface area contributed by atoms with Gasteiger partial charge in [0.15, 0.2) is 0 Å². The van der Waals surface area contributed by atoms with Crippen molar-refractivity contribution in [2.24, 2.45) is 0 Å². The Balaban J connectivity index is 4.23. The predicted octanol–water partition coefficient (Wildman–Crippen LogP) is 13.0. The molecule has 0 aromatic carbocycles. The van der Waals surface area contributed by atoms with Crippen LogP contribution in [0.5, 0.6) is 0 Å². The Bertz CT molecular complexity index is 346. The summed E-state index contributed by atoms with van der Waals surface area (Å²) in [6, 6.07) is 0. The molecule has 35 heavy (non-hydrogen) atoms. The summed E-state index contributed by atoms with van der Waals surface area (Å²) in [5, 5.41) is 0. The van der Waals surface area contributed by atoms with E-state index in [2.05, 4.69) is 27.7 Å². The predicted molar refractivity (Wildman–Crippen MR) is 171 cm³/mol. The van der Waals surface area contributed by atoms with E-state index in [1.165, 1.54) is 141 Å². The van der Waals surface area contributed by atoms with E-state index in [1.54, 1.807) is 50.3 Å². The summed E-state index contributed by atoms with van der Waals surface area (Å²) < 4.78 is 0. The standard InChI is InChI=1S/C34H73P/c1-5-9-13-17-18-19-20-21-22-23-24-25-26-30-34-35(31-27-14-10-6-2,32-28-15-11-7-3)33-29-16-12-8-4/h35H,5-34H2,1-4H3. The normalized spacial score (nSPS) is 12.5. The second kappa shape index (κ2) is 29.0. The van der Waals surface area contributed by atoms with Crippen molar-refractivity contribution in [3.05, 3.63) is 0 Å². The minimum absolute atomic E-state index is 1.05. The van der Waals surface area contributed by atoms with Crippen LogP contribution < -0.4 is 0 Å². The molecule has 0 aliphatic carbocycles. The molecule has 0 nitrogen and oxygen atoms in total. The maximum absolute atomic E-state index is 2.37. The van der Waals surface area contributed by atoms with Gasteiger partial charge in [-0.05, 0) is 0 Å². The van der Waals surface area contributed by atoms with Crippen LogP contribution >= 0.6 is 7.26 Å². The molecule has 0 atom stereocenters. The van der Waals surface area contributed by atoms with Crippen LogP contribution in [0.2, 0.25) is 0 Å². The average molecular weight is 513 g/mol. The van der Waals surface area contributed by atoms with E-state index in [0.717, 1.165) is 0 Å². The molecule has 0 fully saturated rings. The van der Waals surface area contributed by atoms with Crippen molar-refractivity contribution in [2.75, 3.05) is 24.6 Å². The summed E-state index contributed by atoms with van der Waals surface area (Å²) in [4.78, 5) is 0. The Labute approximate surface area is 226 Å². The van der Waals surface area contributed by atoms with E-state index in [-0.39, 0.29) is 0 Å². The van der Waals surface area contributed by atoms with Crippen LogP contribution in [0, 0.1) is 0 Å². The van der Waals surface area contributed by atoms with E-state index in [9.17, 15) is 0 Å². The summed E-state index contributed by atoms with van der Waals surface area (Å²) in [5.74, 6) is 0. The molecule has 0 radical (unpaired) electrons. The quantitative estimate of drug-likeness (QED) is 0.0663. The van der Waals surface area contributed by atoms with Gasteiger partial charge in [0, 0.05) is 0 Å². The van der Waals surface area contributed by atoms with Gasteiger partial charge in [-0.2, -0.15) is 0 Å². The molecule has 0 spiro atoms. The molecule has 0 aliphatic rings. The van der Waals surface area contributed by atoms with Crippen LogP contribution in [-0.2, 0) is 0 Å². The third-order valence-electron chi connectivity index (χ3n) is 8.74. The first-order valence-electron chi connectivity index (χ1n) is 17.2. The van der Waals surface area contributed by atoms with Crippen molar-refractivity contribution in [1.29, 1.82) is 0 Å². The molecule has 0 N–H and O–H groups in total. The number of hydrogen-bond acceptors (Lipinski definition) is 0. The number of hydrogen-bond donors (Lipinski definition) is 0. The van der Waals surface area contributed by atoms with Gasteiger partial charge >= 0.3 is 200 Å². The summed E-state index contributed by atoms with van der Waals surface area (Å²) in [5.41, 5.74) is 0. The SMILES string of the molecule is CCCCCCCCCCCCCCCC[PH](CCCCCC)(CCCCCC)CCCCCC. The van der Waals surface area contributed by atoms with Gasteiger partial charge in [-0.1, -0.05) is 26.2 Å². The number of unbranched alkanes of at least 4 members (excludes halogenated alkanes) is 22. The molecule has 0 unspecified atom stereocenters. The fourth-order valence-electron chi connectivity index (χ4n) is 6.22. The first kappa shape index (κ1) is 35.4. The monoisotopic (exact) mass is 513 g/mol. The number of rotatable bonds is 30. The molecule has 0 heterocycles. The van der Waals surface area contributed by atoms with E-state index >= 15 is 0 Å². The molecule has 0 amide bonds. The molecule has 0 aliphatic heterocycles. The average Bonchev–Trinajstić information content (AvgIpc) is 2.87. The van der Waals surface area contributed by atoms with Gasteiger partial charge in [-0.25, -0.2) is 0 Å². The second-order valence-corrected chi connectivity index (χ2v) is 17.3. The van der Waals surface area contributed by atoms with Gasteiger partial charge in [-0.15, -0.1) is 0 Å². The molecule has 0 bridgehead atoms. The Morgan fingerprint density at radius 2 is 0.400 bits per heavy atom.